The second kappa shape index (κ2) is 4.53. The summed E-state index contributed by atoms with van der Waals surface area (Å²) in [5, 5.41) is 10.1. The molecule has 1 radical (unpaired) electrons. The predicted molar refractivity (Wildman–Crippen MR) is 51.9 cm³/mol. The first kappa shape index (κ1) is 11.8. The SMILES string of the molecule is [CH2]CC(F)c1cc([N+](=O)[O-])c(Cl)cc1F. The first-order valence-corrected chi connectivity index (χ1v) is 4.41. The molecule has 0 bridgehead atoms. The molecule has 0 aliphatic rings. The summed E-state index contributed by atoms with van der Waals surface area (Å²) >= 11 is 5.42. The molecular weight excluding hydrogens is 228 g/mol. The second-order valence-corrected chi connectivity index (χ2v) is 3.25. The van der Waals surface area contributed by atoms with Crippen LogP contribution < -0.4 is 0 Å². The fourth-order valence-electron chi connectivity index (χ4n) is 1.09. The molecule has 0 saturated carbocycles. The van der Waals surface area contributed by atoms with Crippen molar-refractivity contribution in [2.45, 2.75) is 12.6 Å². The van der Waals surface area contributed by atoms with Crippen LogP contribution in [0.3, 0.4) is 0 Å². The van der Waals surface area contributed by atoms with Crippen LogP contribution in [0.1, 0.15) is 18.2 Å². The van der Waals surface area contributed by atoms with Gasteiger partial charge in [0.1, 0.15) is 17.0 Å². The molecule has 0 N–H and O–H groups in total. The topological polar surface area (TPSA) is 43.1 Å². The van der Waals surface area contributed by atoms with Gasteiger partial charge in [0, 0.05) is 11.6 Å². The highest BCUT2D eigenvalue weighted by Crippen LogP contribution is 2.32. The molecule has 15 heavy (non-hydrogen) atoms. The molecule has 6 heteroatoms. The van der Waals surface area contributed by atoms with Crippen molar-refractivity contribution in [1.82, 2.24) is 0 Å². The van der Waals surface area contributed by atoms with Crippen molar-refractivity contribution in [3.8, 4) is 0 Å². The Bertz CT molecular complexity index is 398. The van der Waals surface area contributed by atoms with E-state index in [1.807, 2.05) is 0 Å². The first-order chi connectivity index (χ1) is 6.97. The molecule has 3 nitrogen and oxygen atoms in total. The van der Waals surface area contributed by atoms with Gasteiger partial charge < -0.3 is 0 Å². The van der Waals surface area contributed by atoms with Gasteiger partial charge in [0.25, 0.3) is 5.69 Å². The van der Waals surface area contributed by atoms with Crippen LogP contribution in [0.2, 0.25) is 5.02 Å². The minimum atomic E-state index is -1.67. The number of halogens is 3. The van der Waals surface area contributed by atoms with E-state index in [-0.39, 0.29) is 17.0 Å². The third kappa shape index (κ3) is 2.41. The number of benzene rings is 1. The lowest BCUT2D eigenvalue weighted by atomic mass is 10.1. The fourth-order valence-corrected chi connectivity index (χ4v) is 1.31. The molecule has 0 aliphatic heterocycles. The Morgan fingerprint density at radius 3 is 2.67 bits per heavy atom. The zero-order chi connectivity index (χ0) is 11.6. The van der Waals surface area contributed by atoms with E-state index < -0.39 is 22.6 Å². The molecule has 0 spiro atoms. The van der Waals surface area contributed by atoms with E-state index in [2.05, 4.69) is 6.92 Å². The Morgan fingerprint density at radius 2 is 2.20 bits per heavy atom. The lowest BCUT2D eigenvalue weighted by Crippen LogP contribution is -1.98. The van der Waals surface area contributed by atoms with Crippen LogP contribution in [0.5, 0.6) is 0 Å². The van der Waals surface area contributed by atoms with Gasteiger partial charge in [0.15, 0.2) is 0 Å². The van der Waals surface area contributed by atoms with E-state index in [0.29, 0.717) is 0 Å². The molecule has 0 aromatic heterocycles. The number of nitro groups is 1. The smallest absolute Gasteiger partial charge is 0.258 e. The van der Waals surface area contributed by atoms with Gasteiger partial charge in [0.05, 0.1) is 4.92 Å². The summed E-state index contributed by atoms with van der Waals surface area (Å²) in [6, 6.07) is 1.53. The largest absolute Gasteiger partial charge is 0.288 e. The van der Waals surface area contributed by atoms with E-state index in [1.165, 1.54) is 0 Å². The summed E-state index contributed by atoms with van der Waals surface area (Å²) < 4.78 is 26.3. The molecule has 1 rings (SSSR count). The average molecular weight is 235 g/mol. The summed E-state index contributed by atoms with van der Waals surface area (Å²) in [7, 11) is 0. The average Bonchev–Trinajstić information content (AvgIpc) is 2.16. The number of nitrogens with zero attached hydrogens (tertiary/aromatic N) is 1. The zero-order valence-electron chi connectivity index (χ0n) is 7.54. The highest BCUT2D eigenvalue weighted by molar-refractivity contribution is 6.32. The molecule has 0 saturated heterocycles. The van der Waals surface area contributed by atoms with Gasteiger partial charge in [-0.05, 0) is 12.5 Å². The van der Waals surface area contributed by atoms with Crippen LogP contribution in [-0.2, 0) is 0 Å². The van der Waals surface area contributed by atoms with Crippen molar-refractivity contribution in [2.24, 2.45) is 0 Å². The Kier molecular flexibility index (Phi) is 3.57. The summed E-state index contributed by atoms with van der Waals surface area (Å²) in [6.07, 6.45) is -1.86. The summed E-state index contributed by atoms with van der Waals surface area (Å²) in [5.74, 6) is -0.901. The molecule has 0 heterocycles. The van der Waals surface area contributed by atoms with Gasteiger partial charge in [-0.1, -0.05) is 18.5 Å². The standard InChI is InChI=1S/C9H7ClF2NO2/c1-2-7(11)5-3-9(13(14)15)6(10)4-8(5)12/h3-4,7H,1-2H2. The van der Waals surface area contributed by atoms with E-state index in [1.54, 1.807) is 0 Å². The Morgan fingerprint density at radius 1 is 1.60 bits per heavy atom. The van der Waals surface area contributed by atoms with Gasteiger partial charge in [-0.3, -0.25) is 10.1 Å². The van der Waals surface area contributed by atoms with E-state index in [9.17, 15) is 18.9 Å². The number of hydrogen-bond acceptors (Lipinski definition) is 2. The maximum Gasteiger partial charge on any atom is 0.288 e. The molecule has 1 aromatic carbocycles. The van der Waals surface area contributed by atoms with Crippen molar-refractivity contribution in [3.05, 3.63) is 45.6 Å². The van der Waals surface area contributed by atoms with Crippen LogP contribution in [0.4, 0.5) is 14.5 Å². The van der Waals surface area contributed by atoms with Crippen molar-refractivity contribution in [1.29, 1.82) is 0 Å². The van der Waals surface area contributed by atoms with E-state index in [0.717, 1.165) is 12.1 Å². The molecule has 81 valence electrons. The monoisotopic (exact) mass is 234 g/mol. The number of hydrogen-bond donors (Lipinski definition) is 0. The van der Waals surface area contributed by atoms with Crippen LogP contribution in [0.15, 0.2) is 12.1 Å². The van der Waals surface area contributed by atoms with Crippen LogP contribution in [0.25, 0.3) is 0 Å². The number of rotatable bonds is 3. The molecule has 1 aromatic rings. The Balaban J connectivity index is 3.29. The molecule has 1 unspecified atom stereocenters. The van der Waals surface area contributed by atoms with Gasteiger partial charge >= 0.3 is 0 Å². The fraction of sp³-hybridized carbons (Fsp3) is 0.222. The van der Waals surface area contributed by atoms with Crippen molar-refractivity contribution < 1.29 is 13.7 Å². The maximum atomic E-state index is 13.2. The first-order valence-electron chi connectivity index (χ1n) is 4.04. The van der Waals surface area contributed by atoms with Gasteiger partial charge in [-0.2, -0.15) is 0 Å². The minimum absolute atomic E-state index is 0.199. The van der Waals surface area contributed by atoms with Crippen molar-refractivity contribution >= 4 is 17.3 Å². The van der Waals surface area contributed by atoms with E-state index >= 15 is 0 Å². The maximum absolute atomic E-state index is 13.2. The number of nitro benzene ring substituents is 1. The van der Waals surface area contributed by atoms with E-state index in [4.69, 9.17) is 11.6 Å². The second-order valence-electron chi connectivity index (χ2n) is 2.84. The van der Waals surface area contributed by atoms with Gasteiger partial charge in [0.2, 0.25) is 0 Å². The Hall–Kier alpha value is -1.23. The normalized spacial score (nSPS) is 12.5. The number of alkyl halides is 1. The molecule has 0 fully saturated rings. The molecule has 0 amide bonds. The van der Waals surface area contributed by atoms with Crippen molar-refractivity contribution in [3.63, 3.8) is 0 Å². The summed E-state index contributed by atoms with van der Waals surface area (Å²) in [4.78, 5) is 9.67. The highest BCUT2D eigenvalue weighted by Gasteiger charge is 2.21. The quantitative estimate of drug-likeness (QED) is 0.592. The zero-order valence-corrected chi connectivity index (χ0v) is 8.30. The molecule has 1 atom stereocenters. The molecular formula is C9H7ClF2NO2. The lowest BCUT2D eigenvalue weighted by Gasteiger charge is -2.07. The van der Waals surface area contributed by atoms with Crippen LogP contribution >= 0.6 is 11.6 Å². The summed E-state index contributed by atoms with van der Waals surface area (Å²) in [5.41, 5.74) is -0.898. The van der Waals surface area contributed by atoms with Crippen molar-refractivity contribution in [2.75, 3.05) is 0 Å². The van der Waals surface area contributed by atoms with Gasteiger partial charge in [-0.15, -0.1) is 0 Å². The third-order valence-electron chi connectivity index (χ3n) is 1.85. The third-order valence-corrected chi connectivity index (χ3v) is 2.16. The van der Waals surface area contributed by atoms with Crippen LogP contribution in [-0.4, -0.2) is 4.92 Å². The minimum Gasteiger partial charge on any atom is -0.258 e. The summed E-state index contributed by atoms with van der Waals surface area (Å²) in [6.45, 7) is 3.26. The highest BCUT2D eigenvalue weighted by atomic mass is 35.5. The Labute approximate surface area is 89.8 Å². The molecule has 0 aliphatic carbocycles. The van der Waals surface area contributed by atoms with Gasteiger partial charge in [-0.25, -0.2) is 8.78 Å². The van der Waals surface area contributed by atoms with Crippen LogP contribution in [0, 0.1) is 22.9 Å². The lowest BCUT2D eigenvalue weighted by molar-refractivity contribution is -0.384. The predicted octanol–water partition coefficient (Wildman–Crippen LogP) is 3.62.